The minimum atomic E-state index is -0.606. The predicted octanol–water partition coefficient (Wildman–Crippen LogP) is 1.43. The fourth-order valence-electron chi connectivity index (χ4n) is 2.19. The van der Waals surface area contributed by atoms with Gasteiger partial charge >= 0.3 is 6.09 Å². The van der Waals surface area contributed by atoms with Gasteiger partial charge in [-0.1, -0.05) is 29.5 Å². The van der Waals surface area contributed by atoms with Gasteiger partial charge in [0.25, 0.3) is 5.91 Å². The molecular formula is C16H15N5O4. The third-order valence-electron chi connectivity index (χ3n) is 3.48. The van der Waals surface area contributed by atoms with Gasteiger partial charge in [0.05, 0.1) is 5.52 Å². The Morgan fingerprint density at radius 1 is 1.12 bits per heavy atom. The first kappa shape index (κ1) is 16.4. The molecule has 2 amide bonds. The Labute approximate surface area is 142 Å². The number of nitrogens with zero attached hydrogens (tertiary/aromatic N) is 3. The SMILES string of the molecule is O=C(NCn1nnc2ccccc21)OCc1ccc(C(=O)NO)cc1. The van der Waals surface area contributed by atoms with E-state index >= 15 is 0 Å². The van der Waals surface area contributed by atoms with Crippen LogP contribution in [0.5, 0.6) is 0 Å². The highest BCUT2D eigenvalue weighted by Gasteiger charge is 2.07. The van der Waals surface area contributed by atoms with Crippen LogP contribution in [0.4, 0.5) is 4.79 Å². The number of alkyl carbamates (subject to hydrolysis) is 1. The molecule has 0 aliphatic rings. The molecule has 9 nitrogen and oxygen atoms in total. The summed E-state index contributed by atoms with van der Waals surface area (Å²) in [5, 5.41) is 19.1. The number of carbonyl (C=O) groups is 2. The lowest BCUT2D eigenvalue weighted by molar-refractivity contribution is 0.0706. The summed E-state index contributed by atoms with van der Waals surface area (Å²) in [4.78, 5) is 23.0. The van der Waals surface area contributed by atoms with Gasteiger partial charge in [0.2, 0.25) is 0 Å². The molecule has 9 heteroatoms. The van der Waals surface area contributed by atoms with Crippen LogP contribution in [0, 0.1) is 0 Å². The largest absolute Gasteiger partial charge is 0.445 e. The average Bonchev–Trinajstić information content (AvgIpc) is 3.07. The van der Waals surface area contributed by atoms with Crippen molar-refractivity contribution in [3.05, 3.63) is 59.7 Å². The van der Waals surface area contributed by atoms with E-state index in [0.717, 1.165) is 11.0 Å². The number of benzene rings is 2. The van der Waals surface area contributed by atoms with Crippen molar-refractivity contribution in [1.82, 2.24) is 25.8 Å². The third kappa shape index (κ3) is 3.90. The van der Waals surface area contributed by atoms with Crippen molar-refractivity contribution in [2.75, 3.05) is 0 Å². The minimum Gasteiger partial charge on any atom is -0.445 e. The van der Waals surface area contributed by atoms with Gasteiger partial charge in [0.1, 0.15) is 18.8 Å². The zero-order chi connectivity index (χ0) is 17.6. The van der Waals surface area contributed by atoms with Crippen LogP contribution >= 0.6 is 0 Å². The van der Waals surface area contributed by atoms with Gasteiger partial charge in [-0.15, -0.1) is 5.10 Å². The maximum absolute atomic E-state index is 11.8. The van der Waals surface area contributed by atoms with E-state index in [1.54, 1.807) is 22.3 Å². The first-order valence-electron chi connectivity index (χ1n) is 7.39. The van der Waals surface area contributed by atoms with Crippen molar-refractivity contribution >= 4 is 23.0 Å². The summed E-state index contributed by atoms with van der Waals surface area (Å²) in [6.07, 6.45) is -0.600. The summed E-state index contributed by atoms with van der Waals surface area (Å²) in [6.45, 7) is 0.180. The van der Waals surface area contributed by atoms with Gasteiger partial charge in [-0.25, -0.2) is 15.0 Å². The number of fused-ring (bicyclic) bond motifs is 1. The lowest BCUT2D eigenvalue weighted by Gasteiger charge is -2.08. The predicted molar refractivity (Wildman–Crippen MR) is 86.5 cm³/mol. The summed E-state index contributed by atoms with van der Waals surface area (Å²) in [5.41, 5.74) is 4.10. The van der Waals surface area contributed by atoms with Gasteiger partial charge in [0, 0.05) is 5.56 Å². The molecule has 3 N–H and O–H groups in total. The number of hydroxylamine groups is 1. The fourth-order valence-corrected chi connectivity index (χ4v) is 2.19. The Balaban J connectivity index is 1.50. The second kappa shape index (κ2) is 7.41. The van der Waals surface area contributed by atoms with E-state index in [0.29, 0.717) is 11.1 Å². The van der Waals surface area contributed by atoms with Crippen LogP contribution in [0.1, 0.15) is 15.9 Å². The Bertz CT molecular complexity index is 891. The van der Waals surface area contributed by atoms with Crippen molar-refractivity contribution in [2.24, 2.45) is 0 Å². The normalized spacial score (nSPS) is 10.4. The molecule has 0 unspecified atom stereocenters. The Morgan fingerprint density at radius 2 is 1.88 bits per heavy atom. The molecule has 0 atom stereocenters. The first-order chi connectivity index (χ1) is 12.2. The van der Waals surface area contributed by atoms with Gasteiger partial charge in [-0.2, -0.15) is 0 Å². The molecule has 1 heterocycles. The molecule has 0 saturated heterocycles. The molecule has 0 radical (unpaired) electrons. The van der Waals surface area contributed by atoms with Gasteiger partial charge in [-0.3, -0.25) is 10.0 Å². The second-order valence-electron chi connectivity index (χ2n) is 5.13. The van der Waals surface area contributed by atoms with Gasteiger partial charge < -0.3 is 10.1 Å². The minimum absolute atomic E-state index is 0.0466. The summed E-state index contributed by atoms with van der Waals surface area (Å²) in [7, 11) is 0. The lowest BCUT2D eigenvalue weighted by Crippen LogP contribution is -2.27. The summed E-state index contributed by atoms with van der Waals surface area (Å²) < 4.78 is 6.66. The average molecular weight is 341 g/mol. The van der Waals surface area contributed by atoms with Crippen LogP contribution in [0.2, 0.25) is 0 Å². The second-order valence-corrected chi connectivity index (χ2v) is 5.13. The number of para-hydroxylation sites is 1. The molecule has 0 fully saturated rings. The molecule has 25 heavy (non-hydrogen) atoms. The fraction of sp³-hybridized carbons (Fsp3) is 0.125. The molecule has 0 aliphatic heterocycles. The standard InChI is InChI=1S/C16H15N5O4/c22-15(19-24)12-7-5-11(6-8-12)9-25-16(23)17-10-21-14-4-2-1-3-13(14)18-20-21/h1-8,24H,9-10H2,(H,17,23)(H,19,22). The zero-order valence-electron chi connectivity index (χ0n) is 13.0. The van der Waals surface area contributed by atoms with E-state index in [1.807, 2.05) is 24.3 Å². The van der Waals surface area contributed by atoms with Crippen molar-refractivity contribution in [3.8, 4) is 0 Å². The maximum Gasteiger partial charge on any atom is 0.408 e. The highest BCUT2D eigenvalue weighted by Crippen LogP contribution is 2.09. The number of aromatic nitrogens is 3. The maximum atomic E-state index is 11.8. The molecule has 0 saturated carbocycles. The van der Waals surface area contributed by atoms with Crippen molar-refractivity contribution in [1.29, 1.82) is 0 Å². The van der Waals surface area contributed by atoms with Crippen molar-refractivity contribution in [2.45, 2.75) is 13.3 Å². The number of nitrogens with one attached hydrogen (secondary N) is 2. The van der Waals surface area contributed by atoms with Crippen LogP contribution < -0.4 is 10.8 Å². The monoisotopic (exact) mass is 341 g/mol. The van der Waals surface area contributed by atoms with Crippen molar-refractivity contribution < 1.29 is 19.5 Å². The molecule has 2 aromatic carbocycles. The highest BCUT2D eigenvalue weighted by atomic mass is 16.5. The summed E-state index contributed by atoms with van der Waals surface area (Å²) in [5.74, 6) is -0.606. The molecule has 0 bridgehead atoms. The highest BCUT2D eigenvalue weighted by molar-refractivity contribution is 5.93. The topological polar surface area (TPSA) is 118 Å². The number of carbonyl (C=O) groups excluding carboxylic acids is 2. The molecule has 128 valence electrons. The summed E-state index contributed by atoms with van der Waals surface area (Å²) >= 11 is 0. The van der Waals surface area contributed by atoms with E-state index in [4.69, 9.17) is 9.94 Å². The number of hydrogen-bond donors (Lipinski definition) is 3. The zero-order valence-corrected chi connectivity index (χ0v) is 13.0. The van der Waals surface area contributed by atoms with E-state index in [2.05, 4.69) is 15.6 Å². The lowest BCUT2D eigenvalue weighted by atomic mass is 10.1. The number of ether oxygens (including phenoxy) is 1. The van der Waals surface area contributed by atoms with E-state index in [-0.39, 0.29) is 13.3 Å². The Kier molecular flexibility index (Phi) is 4.86. The quantitative estimate of drug-likeness (QED) is 0.477. The molecule has 3 aromatic rings. The van der Waals surface area contributed by atoms with E-state index in [9.17, 15) is 9.59 Å². The van der Waals surface area contributed by atoms with Crippen molar-refractivity contribution in [3.63, 3.8) is 0 Å². The molecule has 3 rings (SSSR count). The molecule has 0 aliphatic carbocycles. The molecular weight excluding hydrogens is 326 g/mol. The smallest absolute Gasteiger partial charge is 0.408 e. The van der Waals surface area contributed by atoms with Crippen LogP contribution in [-0.2, 0) is 18.0 Å². The first-order valence-corrected chi connectivity index (χ1v) is 7.39. The summed E-state index contributed by atoms with van der Waals surface area (Å²) in [6, 6.07) is 13.7. The Morgan fingerprint density at radius 3 is 2.64 bits per heavy atom. The van der Waals surface area contributed by atoms with Crippen LogP contribution in [0.15, 0.2) is 48.5 Å². The number of hydrogen-bond acceptors (Lipinski definition) is 6. The van der Waals surface area contributed by atoms with Gasteiger partial charge in [-0.05, 0) is 29.8 Å². The van der Waals surface area contributed by atoms with Crippen LogP contribution in [0.25, 0.3) is 11.0 Å². The molecule has 0 spiro atoms. The Hall–Kier alpha value is -3.46. The number of rotatable bonds is 5. The number of amides is 2. The van der Waals surface area contributed by atoms with E-state index < -0.39 is 12.0 Å². The third-order valence-corrected chi connectivity index (χ3v) is 3.48. The van der Waals surface area contributed by atoms with Gasteiger partial charge in [0.15, 0.2) is 0 Å². The van der Waals surface area contributed by atoms with Crippen LogP contribution in [0.3, 0.4) is 0 Å². The van der Waals surface area contributed by atoms with E-state index in [1.165, 1.54) is 12.1 Å². The molecule has 1 aromatic heterocycles. The van der Waals surface area contributed by atoms with Crippen LogP contribution in [-0.4, -0.2) is 32.2 Å².